The SMILES string of the molecule is COC(=O)c1ccc(NC(=O)C(=O)Nc2ccccc2Cl)cc1. The van der Waals surface area contributed by atoms with Crippen molar-refractivity contribution < 1.29 is 19.1 Å². The first kappa shape index (κ1) is 16.5. The van der Waals surface area contributed by atoms with E-state index in [-0.39, 0.29) is 0 Å². The molecule has 2 rings (SSSR count). The fraction of sp³-hybridized carbons (Fsp3) is 0.0625. The third-order valence-electron chi connectivity index (χ3n) is 2.89. The van der Waals surface area contributed by atoms with Gasteiger partial charge in [0, 0.05) is 5.69 Å². The van der Waals surface area contributed by atoms with Gasteiger partial charge in [0.2, 0.25) is 0 Å². The summed E-state index contributed by atoms with van der Waals surface area (Å²) in [6.07, 6.45) is 0. The lowest BCUT2D eigenvalue weighted by Gasteiger charge is -2.08. The summed E-state index contributed by atoms with van der Waals surface area (Å²) in [6, 6.07) is 12.5. The first-order valence-corrected chi connectivity index (χ1v) is 6.94. The number of halogens is 1. The normalized spacial score (nSPS) is 9.83. The molecule has 2 aromatic carbocycles. The summed E-state index contributed by atoms with van der Waals surface area (Å²) in [5.41, 5.74) is 1.05. The Balaban J connectivity index is 2.00. The van der Waals surface area contributed by atoms with Crippen LogP contribution in [0.25, 0.3) is 0 Å². The van der Waals surface area contributed by atoms with Crippen LogP contribution < -0.4 is 10.6 Å². The molecule has 0 aliphatic heterocycles. The summed E-state index contributed by atoms with van der Waals surface area (Å²) < 4.78 is 4.57. The number of amides is 2. The van der Waals surface area contributed by atoms with E-state index in [1.807, 2.05) is 0 Å². The lowest BCUT2D eigenvalue weighted by molar-refractivity contribution is -0.132. The van der Waals surface area contributed by atoms with Gasteiger partial charge in [-0.15, -0.1) is 0 Å². The van der Waals surface area contributed by atoms with Crippen molar-refractivity contribution in [2.75, 3.05) is 17.7 Å². The van der Waals surface area contributed by atoms with Gasteiger partial charge in [-0.25, -0.2) is 4.79 Å². The van der Waals surface area contributed by atoms with E-state index in [1.54, 1.807) is 24.3 Å². The van der Waals surface area contributed by atoms with E-state index in [4.69, 9.17) is 11.6 Å². The fourth-order valence-electron chi connectivity index (χ4n) is 1.74. The number of esters is 1. The second-order valence-electron chi connectivity index (χ2n) is 4.46. The van der Waals surface area contributed by atoms with Gasteiger partial charge in [-0.1, -0.05) is 23.7 Å². The number of anilines is 2. The standard InChI is InChI=1S/C16H13ClN2O4/c1-23-16(22)10-6-8-11(9-7-10)18-14(20)15(21)19-13-5-3-2-4-12(13)17/h2-9H,1H3,(H,18,20)(H,19,21). The lowest BCUT2D eigenvalue weighted by atomic mass is 10.2. The molecule has 0 radical (unpaired) electrons. The predicted octanol–water partition coefficient (Wildman–Crippen LogP) is 2.70. The Morgan fingerprint density at radius 1 is 0.913 bits per heavy atom. The summed E-state index contributed by atoms with van der Waals surface area (Å²) in [5.74, 6) is -2.19. The Morgan fingerprint density at radius 3 is 2.13 bits per heavy atom. The molecule has 0 saturated carbocycles. The molecule has 0 atom stereocenters. The van der Waals surface area contributed by atoms with E-state index in [9.17, 15) is 14.4 Å². The van der Waals surface area contributed by atoms with Crippen LogP contribution in [0.4, 0.5) is 11.4 Å². The zero-order valence-electron chi connectivity index (χ0n) is 12.1. The van der Waals surface area contributed by atoms with Crippen LogP contribution in [-0.4, -0.2) is 24.9 Å². The predicted molar refractivity (Wildman–Crippen MR) is 86.5 cm³/mol. The minimum Gasteiger partial charge on any atom is -0.465 e. The topological polar surface area (TPSA) is 84.5 Å². The number of benzene rings is 2. The molecule has 6 nitrogen and oxygen atoms in total. The second kappa shape index (κ2) is 7.42. The van der Waals surface area contributed by atoms with E-state index in [2.05, 4.69) is 15.4 Å². The van der Waals surface area contributed by atoms with Crippen LogP contribution in [0.5, 0.6) is 0 Å². The second-order valence-corrected chi connectivity index (χ2v) is 4.86. The smallest absolute Gasteiger partial charge is 0.337 e. The van der Waals surface area contributed by atoms with E-state index >= 15 is 0 Å². The minimum absolute atomic E-state index is 0.330. The minimum atomic E-state index is -0.852. The van der Waals surface area contributed by atoms with E-state index in [0.29, 0.717) is 22.0 Å². The van der Waals surface area contributed by atoms with E-state index < -0.39 is 17.8 Å². The van der Waals surface area contributed by atoms with Crippen molar-refractivity contribution in [1.29, 1.82) is 0 Å². The lowest BCUT2D eigenvalue weighted by Crippen LogP contribution is -2.29. The summed E-state index contributed by atoms with van der Waals surface area (Å²) in [6.45, 7) is 0. The largest absolute Gasteiger partial charge is 0.465 e. The van der Waals surface area contributed by atoms with Gasteiger partial charge in [-0.3, -0.25) is 9.59 Å². The van der Waals surface area contributed by atoms with Crippen LogP contribution in [0.1, 0.15) is 10.4 Å². The maximum atomic E-state index is 11.8. The average Bonchev–Trinajstić information content (AvgIpc) is 2.56. The molecule has 2 amide bonds. The average molecular weight is 333 g/mol. The number of methoxy groups -OCH3 is 1. The van der Waals surface area contributed by atoms with Crippen molar-refractivity contribution >= 4 is 40.8 Å². The maximum Gasteiger partial charge on any atom is 0.337 e. The highest BCUT2D eigenvalue weighted by atomic mass is 35.5. The van der Waals surface area contributed by atoms with E-state index in [1.165, 1.54) is 31.4 Å². The Hall–Kier alpha value is -2.86. The first-order chi connectivity index (χ1) is 11.0. The van der Waals surface area contributed by atoms with Gasteiger partial charge in [0.25, 0.3) is 0 Å². The van der Waals surface area contributed by atoms with Crippen LogP contribution in [0, 0.1) is 0 Å². The van der Waals surface area contributed by atoms with Crippen LogP contribution in [0.15, 0.2) is 48.5 Å². The molecule has 0 heterocycles. The summed E-state index contributed by atoms with van der Waals surface area (Å²) in [4.78, 5) is 35.0. The summed E-state index contributed by atoms with van der Waals surface area (Å²) in [5, 5.41) is 5.16. The van der Waals surface area contributed by atoms with Gasteiger partial charge < -0.3 is 15.4 Å². The van der Waals surface area contributed by atoms with Crippen molar-refractivity contribution in [2.24, 2.45) is 0 Å². The van der Waals surface area contributed by atoms with Gasteiger partial charge in [0.15, 0.2) is 0 Å². The molecule has 0 aliphatic carbocycles. The highest BCUT2D eigenvalue weighted by Crippen LogP contribution is 2.20. The number of hydrogen-bond donors (Lipinski definition) is 2. The first-order valence-electron chi connectivity index (χ1n) is 6.56. The molecule has 0 unspecified atom stereocenters. The van der Waals surface area contributed by atoms with Crippen LogP contribution >= 0.6 is 11.6 Å². The van der Waals surface area contributed by atoms with Crippen molar-refractivity contribution in [3.8, 4) is 0 Å². The van der Waals surface area contributed by atoms with Crippen LogP contribution in [0.3, 0.4) is 0 Å². The van der Waals surface area contributed by atoms with Gasteiger partial charge in [-0.2, -0.15) is 0 Å². The quantitative estimate of drug-likeness (QED) is 0.668. The Labute approximate surface area is 137 Å². The van der Waals surface area contributed by atoms with Crippen molar-refractivity contribution in [2.45, 2.75) is 0 Å². The van der Waals surface area contributed by atoms with Gasteiger partial charge in [0.1, 0.15) is 0 Å². The number of rotatable bonds is 3. The molecule has 0 aliphatic rings. The van der Waals surface area contributed by atoms with Crippen LogP contribution in [-0.2, 0) is 14.3 Å². The molecular weight excluding hydrogens is 320 g/mol. The molecule has 0 spiro atoms. The Morgan fingerprint density at radius 2 is 1.52 bits per heavy atom. The monoisotopic (exact) mass is 332 g/mol. The molecule has 7 heteroatoms. The number of nitrogens with one attached hydrogen (secondary N) is 2. The third kappa shape index (κ3) is 4.31. The van der Waals surface area contributed by atoms with Gasteiger partial charge >= 0.3 is 17.8 Å². The molecule has 2 aromatic rings. The molecule has 23 heavy (non-hydrogen) atoms. The molecule has 0 fully saturated rings. The van der Waals surface area contributed by atoms with Gasteiger partial charge in [0.05, 0.1) is 23.4 Å². The zero-order valence-corrected chi connectivity index (χ0v) is 12.9. The number of para-hydroxylation sites is 1. The summed E-state index contributed by atoms with van der Waals surface area (Å²) in [7, 11) is 1.27. The molecule has 0 saturated heterocycles. The number of carbonyl (C=O) groups excluding carboxylic acids is 3. The maximum absolute atomic E-state index is 11.8. The number of carbonyl (C=O) groups is 3. The van der Waals surface area contributed by atoms with Crippen molar-refractivity contribution in [3.05, 3.63) is 59.1 Å². The molecule has 2 N–H and O–H groups in total. The Bertz CT molecular complexity index is 744. The molecule has 0 aromatic heterocycles. The number of hydrogen-bond acceptors (Lipinski definition) is 4. The van der Waals surface area contributed by atoms with Crippen LogP contribution in [0.2, 0.25) is 5.02 Å². The third-order valence-corrected chi connectivity index (χ3v) is 3.22. The molecule has 0 bridgehead atoms. The summed E-state index contributed by atoms with van der Waals surface area (Å²) >= 11 is 5.90. The molecular formula is C16H13ClN2O4. The Kier molecular flexibility index (Phi) is 5.32. The highest BCUT2D eigenvalue weighted by molar-refractivity contribution is 6.44. The highest BCUT2D eigenvalue weighted by Gasteiger charge is 2.15. The molecule has 118 valence electrons. The van der Waals surface area contributed by atoms with Gasteiger partial charge in [-0.05, 0) is 36.4 Å². The van der Waals surface area contributed by atoms with E-state index in [0.717, 1.165) is 0 Å². The number of ether oxygens (including phenoxy) is 1. The van der Waals surface area contributed by atoms with Crippen molar-refractivity contribution in [3.63, 3.8) is 0 Å². The van der Waals surface area contributed by atoms with Crippen molar-refractivity contribution in [1.82, 2.24) is 0 Å². The fourth-order valence-corrected chi connectivity index (χ4v) is 1.92. The zero-order chi connectivity index (χ0) is 16.8.